The van der Waals surface area contributed by atoms with Gasteiger partial charge in [-0.3, -0.25) is 4.98 Å². The molecule has 1 aromatic carbocycles. The summed E-state index contributed by atoms with van der Waals surface area (Å²) in [6, 6.07) is 3.65. The summed E-state index contributed by atoms with van der Waals surface area (Å²) in [5.74, 6) is -2.27. The van der Waals surface area contributed by atoms with Crippen LogP contribution in [-0.4, -0.2) is 66.5 Å². The van der Waals surface area contributed by atoms with Gasteiger partial charge in [0.2, 0.25) is 5.95 Å². The molecule has 42 heavy (non-hydrogen) atoms. The van der Waals surface area contributed by atoms with Crippen LogP contribution in [0.3, 0.4) is 0 Å². The SMILES string of the molecule is Cc1nc(N[C@H](C)c2ccc(F)c(OC(F)(F)F)c2)nc(N[C@@H]2C[C@H](CO)[C@@H](O)[C@H]2O)c1-c1nc2c(C)nccc2s1. The Bertz CT molecular complexity index is 1600. The lowest BCUT2D eigenvalue weighted by molar-refractivity contribution is -0.275. The summed E-state index contributed by atoms with van der Waals surface area (Å²) < 4.78 is 56.9. The molecule has 0 bridgehead atoms. The van der Waals surface area contributed by atoms with Gasteiger partial charge in [-0.2, -0.15) is 4.98 Å². The van der Waals surface area contributed by atoms with Crippen molar-refractivity contribution >= 4 is 33.3 Å². The van der Waals surface area contributed by atoms with Crippen LogP contribution in [0.2, 0.25) is 0 Å². The number of rotatable bonds is 8. The molecule has 0 saturated heterocycles. The van der Waals surface area contributed by atoms with Gasteiger partial charge < -0.3 is 30.7 Å². The van der Waals surface area contributed by atoms with Crippen LogP contribution in [0, 0.1) is 25.6 Å². The Morgan fingerprint density at radius 2 is 1.86 bits per heavy atom. The molecule has 4 aromatic rings. The van der Waals surface area contributed by atoms with Crippen LogP contribution in [0.1, 0.15) is 36.3 Å². The fraction of sp³-hybridized carbons (Fsp3) is 0.407. The van der Waals surface area contributed by atoms with Gasteiger partial charge >= 0.3 is 6.36 Å². The lowest BCUT2D eigenvalue weighted by atomic mass is 10.1. The smallest absolute Gasteiger partial charge is 0.403 e. The van der Waals surface area contributed by atoms with Crippen LogP contribution in [0.15, 0.2) is 30.5 Å². The summed E-state index contributed by atoms with van der Waals surface area (Å²) in [5.41, 5.74) is 2.78. The molecular weight excluding hydrogens is 580 g/mol. The van der Waals surface area contributed by atoms with Crippen molar-refractivity contribution in [2.75, 3.05) is 17.2 Å². The highest BCUT2D eigenvalue weighted by atomic mass is 32.1. The van der Waals surface area contributed by atoms with Crippen molar-refractivity contribution in [2.24, 2.45) is 5.92 Å². The number of pyridine rings is 1. The zero-order valence-electron chi connectivity index (χ0n) is 22.6. The number of ether oxygens (including phenoxy) is 1. The first-order valence-corrected chi connectivity index (χ1v) is 13.8. The molecule has 224 valence electrons. The molecule has 1 aliphatic carbocycles. The standard InChI is InChI=1S/C27H28F4N6O4S/c1-11(14-4-5-16(28)18(9-14)41-27(29,30)31)33-26-34-12(2)20(25-36-21-13(3)32-7-6-19(21)42-25)24(37-26)35-17-8-15(10-38)22(39)23(17)40/h4-7,9,11,15,17,22-23,38-40H,8,10H2,1-3H3,(H2,33,34,35,37)/t11-,15-,17-,22-,23+/m1/s1. The molecule has 5 atom stereocenters. The average Bonchev–Trinajstić information content (AvgIpc) is 3.46. The average molecular weight is 609 g/mol. The van der Waals surface area contributed by atoms with Crippen LogP contribution < -0.4 is 15.4 Å². The normalized spacial score (nSPS) is 21.5. The van der Waals surface area contributed by atoms with E-state index in [1.165, 1.54) is 17.4 Å². The van der Waals surface area contributed by atoms with Crippen LogP contribution >= 0.6 is 11.3 Å². The van der Waals surface area contributed by atoms with Gasteiger partial charge in [-0.1, -0.05) is 6.07 Å². The van der Waals surface area contributed by atoms with Gasteiger partial charge in [0.25, 0.3) is 0 Å². The topological polar surface area (TPSA) is 146 Å². The minimum atomic E-state index is -5.06. The van der Waals surface area contributed by atoms with Crippen LogP contribution in [-0.2, 0) is 0 Å². The van der Waals surface area contributed by atoms with E-state index in [0.717, 1.165) is 22.5 Å². The molecule has 3 heterocycles. The third-order valence-corrected chi connectivity index (χ3v) is 8.22. The van der Waals surface area contributed by atoms with Gasteiger partial charge in [0.05, 0.1) is 39.8 Å². The quantitative estimate of drug-likeness (QED) is 0.181. The van der Waals surface area contributed by atoms with E-state index >= 15 is 0 Å². The van der Waals surface area contributed by atoms with Gasteiger partial charge in [0, 0.05) is 18.7 Å². The second kappa shape index (κ2) is 11.6. The maximum absolute atomic E-state index is 14.0. The van der Waals surface area contributed by atoms with Crippen LogP contribution in [0.5, 0.6) is 5.75 Å². The van der Waals surface area contributed by atoms with E-state index in [0.29, 0.717) is 21.8 Å². The molecule has 5 rings (SSSR count). The summed E-state index contributed by atoms with van der Waals surface area (Å²) in [4.78, 5) is 18.2. The summed E-state index contributed by atoms with van der Waals surface area (Å²) in [5, 5.41) is 37.5. The zero-order chi connectivity index (χ0) is 30.3. The second-order valence-electron chi connectivity index (χ2n) is 10.1. The first-order valence-electron chi connectivity index (χ1n) is 13.0. The fourth-order valence-electron chi connectivity index (χ4n) is 4.98. The molecule has 15 heteroatoms. The monoisotopic (exact) mass is 608 g/mol. The number of aryl methyl sites for hydroxylation is 2. The Balaban J connectivity index is 1.52. The van der Waals surface area contributed by atoms with E-state index in [1.54, 1.807) is 20.0 Å². The Morgan fingerprint density at radius 3 is 2.52 bits per heavy atom. The number of aliphatic hydroxyl groups is 3. The van der Waals surface area contributed by atoms with Gasteiger partial charge in [0.15, 0.2) is 11.6 Å². The number of aromatic nitrogens is 4. The predicted molar refractivity (Wildman–Crippen MR) is 148 cm³/mol. The summed E-state index contributed by atoms with van der Waals surface area (Å²) in [7, 11) is 0. The van der Waals surface area contributed by atoms with Gasteiger partial charge in [0.1, 0.15) is 22.4 Å². The summed E-state index contributed by atoms with van der Waals surface area (Å²) >= 11 is 1.40. The van der Waals surface area contributed by atoms with Crippen molar-refractivity contribution in [3.05, 3.63) is 53.2 Å². The first-order chi connectivity index (χ1) is 19.8. The van der Waals surface area contributed by atoms with Crippen LogP contribution in [0.25, 0.3) is 20.8 Å². The third kappa shape index (κ3) is 6.09. The van der Waals surface area contributed by atoms with E-state index in [9.17, 15) is 32.9 Å². The summed E-state index contributed by atoms with van der Waals surface area (Å²) in [6.45, 7) is 4.91. The molecule has 1 saturated carbocycles. The number of alkyl halides is 3. The molecule has 1 aliphatic rings. The zero-order valence-corrected chi connectivity index (χ0v) is 23.5. The molecule has 1 fully saturated rings. The Morgan fingerprint density at radius 1 is 1.10 bits per heavy atom. The number of thiazole rings is 1. The number of fused-ring (bicyclic) bond motifs is 1. The Hall–Kier alpha value is -3.66. The number of anilines is 2. The molecule has 0 amide bonds. The molecule has 0 spiro atoms. The van der Waals surface area contributed by atoms with Gasteiger partial charge in [-0.15, -0.1) is 24.5 Å². The van der Waals surface area contributed by atoms with Crippen molar-refractivity contribution in [2.45, 2.75) is 57.8 Å². The number of hydrogen-bond acceptors (Lipinski definition) is 11. The van der Waals surface area contributed by atoms with Crippen molar-refractivity contribution in [3.8, 4) is 16.3 Å². The highest BCUT2D eigenvalue weighted by Gasteiger charge is 2.41. The van der Waals surface area contributed by atoms with Gasteiger partial charge in [-0.25, -0.2) is 14.4 Å². The van der Waals surface area contributed by atoms with E-state index in [4.69, 9.17) is 4.98 Å². The minimum Gasteiger partial charge on any atom is -0.403 e. The molecule has 10 nitrogen and oxygen atoms in total. The first kappa shape index (κ1) is 29.8. The van der Waals surface area contributed by atoms with E-state index in [-0.39, 0.29) is 30.4 Å². The lowest BCUT2D eigenvalue weighted by Crippen LogP contribution is -2.35. The largest absolute Gasteiger partial charge is 0.573 e. The summed E-state index contributed by atoms with van der Waals surface area (Å²) in [6.07, 6.45) is -5.44. The molecule has 0 unspecified atom stereocenters. The highest BCUT2D eigenvalue weighted by Crippen LogP contribution is 2.39. The minimum absolute atomic E-state index is 0.0968. The molecular formula is C27H28F4N6O4S. The van der Waals surface area contributed by atoms with E-state index in [2.05, 4.69) is 30.3 Å². The molecule has 3 aromatic heterocycles. The van der Waals surface area contributed by atoms with Crippen molar-refractivity contribution in [1.29, 1.82) is 0 Å². The van der Waals surface area contributed by atoms with Crippen molar-refractivity contribution in [3.63, 3.8) is 0 Å². The number of aliphatic hydroxyl groups excluding tert-OH is 3. The maximum Gasteiger partial charge on any atom is 0.573 e. The van der Waals surface area contributed by atoms with Crippen LogP contribution in [0.4, 0.5) is 29.3 Å². The highest BCUT2D eigenvalue weighted by molar-refractivity contribution is 7.21. The van der Waals surface area contributed by atoms with Crippen molar-refractivity contribution < 1.29 is 37.6 Å². The Kier molecular flexibility index (Phi) is 8.20. The Labute approximate surface area is 241 Å². The molecule has 5 N–H and O–H groups in total. The second-order valence-corrected chi connectivity index (χ2v) is 11.2. The molecule has 0 radical (unpaired) electrons. The number of halogens is 4. The number of nitrogens with one attached hydrogen (secondary N) is 2. The molecule has 0 aliphatic heterocycles. The number of nitrogens with zero attached hydrogens (tertiary/aromatic N) is 4. The van der Waals surface area contributed by atoms with E-state index < -0.39 is 48.1 Å². The fourth-order valence-corrected chi connectivity index (χ4v) is 6.09. The third-order valence-electron chi connectivity index (χ3n) is 7.18. The van der Waals surface area contributed by atoms with Crippen molar-refractivity contribution in [1.82, 2.24) is 19.9 Å². The maximum atomic E-state index is 14.0. The lowest BCUT2D eigenvalue weighted by Gasteiger charge is -2.22. The van der Waals surface area contributed by atoms with E-state index in [1.807, 2.05) is 13.0 Å². The predicted octanol–water partition coefficient (Wildman–Crippen LogP) is 4.49. The number of hydrogen-bond donors (Lipinski definition) is 5. The van der Waals surface area contributed by atoms with Gasteiger partial charge in [-0.05, 0) is 51.0 Å². The number of benzene rings is 1.